The van der Waals surface area contributed by atoms with Crippen molar-refractivity contribution in [3.05, 3.63) is 65.8 Å². The summed E-state index contributed by atoms with van der Waals surface area (Å²) in [7, 11) is 0. The minimum absolute atomic E-state index is 0.0465. The van der Waals surface area contributed by atoms with Gasteiger partial charge >= 0.3 is 5.97 Å². The number of ether oxygens (including phenoxy) is 1. The first-order valence-electron chi connectivity index (χ1n) is 12.4. The molecule has 1 fully saturated rings. The predicted molar refractivity (Wildman–Crippen MR) is 131 cm³/mol. The molecule has 168 valence electrons. The molecule has 32 heavy (non-hydrogen) atoms. The van der Waals surface area contributed by atoms with Gasteiger partial charge in [0.25, 0.3) is 0 Å². The van der Waals surface area contributed by atoms with Crippen molar-refractivity contribution >= 4 is 16.7 Å². The van der Waals surface area contributed by atoms with Crippen LogP contribution in [0.4, 0.5) is 0 Å². The van der Waals surface area contributed by atoms with E-state index in [9.17, 15) is 4.79 Å². The van der Waals surface area contributed by atoms with Gasteiger partial charge in [-0.1, -0.05) is 75.2 Å². The Bertz CT molecular complexity index is 1110. The van der Waals surface area contributed by atoms with Crippen LogP contribution in [0, 0.1) is 28.6 Å². The number of fused-ring (bicyclic) bond motifs is 4. The fourth-order valence-corrected chi connectivity index (χ4v) is 7.04. The predicted octanol–water partition coefficient (Wildman–Crippen LogP) is 7.88. The van der Waals surface area contributed by atoms with Crippen molar-refractivity contribution in [1.82, 2.24) is 0 Å². The molecule has 0 amide bonds. The molecule has 0 aromatic heterocycles. The maximum Gasteiger partial charge on any atom is 0.317 e. The van der Waals surface area contributed by atoms with Gasteiger partial charge < -0.3 is 4.74 Å². The second kappa shape index (κ2) is 7.90. The van der Waals surface area contributed by atoms with Crippen LogP contribution >= 0.6 is 0 Å². The Morgan fingerprint density at radius 3 is 2.62 bits per heavy atom. The molecule has 0 N–H and O–H groups in total. The van der Waals surface area contributed by atoms with Gasteiger partial charge in [-0.05, 0) is 90.7 Å². The molecule has 3 aliphatic rings. The maximum atomic E-state index is 13.7. The van der Waals surface area contributed by atoms with Crippen LogP contribution < -0.4 is 4.74 Å². The van der Waals surface area contributed by atoms with Gasteiger partial charge in [0, 0.05) is 0 Å². The zero-order chi connectivity index (χ0) is 22.5. The van der Waals surface area contributed by atoms with Crippen LogP contribution in [-0.2, 0) is 4.79 Å². The van der Waals surface area contributed by atoms with Gasteiger partial charge in [-0.25, -0.2) is 0 Å². The van der Waals surface area contributed by atoms with Crippen LogP contribution in [0.1, 0.15) is 66.2 Å². The van der Waals surface area contributed by atoms with Crippen LogP contribution in [0.5, 0.6) is 5.75 Å². The molecule has 0 bridgehead atoms. The van der Waals surface area contributed by atoms with Crippen molar-refractivity contribution in [2.24, 2.45) is 28.6 Å². The minimum Gasteiger partial charge on any atom is -0.426 e. The standard InChI is InChI=1S/C30H36O2/c1-20(2)22-11-14-26-24(18-22)12-15-27-29(26,3)16-7-17-30(27,4)28(31)32-25-13-10-21-8-5-6-9-23(21)19-25/h5-6,8-10,12-13,18-20,26-27H,7,11,14-17H2,1-4H3/t26-,27+,29+,30+/m0/s1. The summed E-state index contributed by atoms with van der Waals surface area (Å²) in [6.45, 7) is 9.25. The average molecular weight is 429 g/mol. The highest BCUT2D eigenvalue weighted by atomic mass is 16.5. The molecule has 0 heterocycles. The molecule has 1 saturated carbocycles. The highest BCUT2D eigenvalue weighted by Gasteiger charge is 2.57. The van der Waals surface area contributed by atoms with Crippen molar-refractivity contribution < 1.29 is 9.53 Å². The number of hydrogen-bond donors (Lipinski definition) is 0. The van der Waals surface area contributed by atoms with E-state index in [2.05, 4.69) is 52.0 Å². The van der Waals surface area contributed by atoms with Gasteiger partial charge in [0.1, 0.15) is 5.75 Å². The lowest BCUT2D eigenvalue weighted by atomic mass is 9.47. The zero-order valence-corrected chi connectivity index (χ0v) is 20.0. The molecule has 2 aromatic carbocycles. The van der Waals surface area contributed by atoms with Crippen LogP contribution in [0.15, 0.2) is 65.8 Å². The van der Waals surface area contributed by atoms with Gasteiger partial charge in [-0.2, -0.15) is 0 Å². The number of carbonyl (C=O) groups excluding carboxylic acids is 1. The fourth-order valence-electron chi connectivity index (χ4n) is 7.04. The van der Waals surface area contributed by atoms with Crippen LogP contribution in [0.25, 0.3) is 10.8 Å². The van der Waals surface area contributed by atoms with E-state index in [0.29, 0.717) is 23.5 Å². The Balaban J connectivity index is 1.43. The number of benzene rings is 2. The van der Waals surface area contributed by atoms with Gasteiger partial charge in [-0.3, -0.25) is 4.79 Å². The molecule has 0 saturated heterocycles. The second-order valence-electron chi connectivity index (χ2n) is 11.1. The third-order valence-electron chi connectivity index (χ3n) is 8.98. The number of allylic oxidation sites excluding steroid dienone is 4. The first-order valence-corrected chi connectivity index (χ1v) is 12.4. The van der Waals surface area contributed by atoms with Crippen molar-refractivity contribution in [2.45, 2.75) is 66.2 Å². The average Bonchev–Trinajstić information content (AvgIpc) is 2.78. The lowest BCUT2D eigenvalue weighted by molar-refractivity contribution is -0.159. The van der Waals surface area contributed by atoms with E-state index in [1.54, 1.807) is 5.57 Å². The molecule has 5 rings (SSSR count). The van der Waals surface area contributed by atoms with Gasteiger partial charge in [0.05, 0.1) is 5.41 Å². The summed E-state index contributed by atoms with van der Waals surface area (Å²) < 4.78 is 6.07. The number of carbonyl (C=O) groups is 1. The Morgan fingerprint density at radius 1 is 1.06 bits per heavy atom. The molecule has 0 unspecified atom stereocenters. The summed E-state index contributed by atoms with van der Waals surface area (Å²) >= 11 is 0. The summed E-state index contributed by atoms with van der Waals surface area (Å²) in [4.78, 5) is 13.7. The van der Waals surface area contributed by atoms with Crippen molar-refractivity contribution in [1.29, 1.82) is 0 Å². The van der Waals surface area contributed by atoms with E-state index < -0.39 is 5.41 Å². The topological polar surface area (TPSA) is 26.3 Å². The lowest BCUT2D eigenvalue weighted by Crippen LogP contribution is -2.54. The normalized spacial score (nSPS) is 32.0. The van der Waals surface area contributed by atoms with Gasteiger partial charge in [0.15, 0.2) is 0 Å². The Morgan fingerprint density at radius 2 is 1.84 bits per heavy atom. The zero-order valence-electron chi connectivity index (χ0n) is 20.0. The molecule has 4 atom stereocenters. The molecule has 0 spiro atoms. The Labute approximate surface area is 192 Å². The first-order chi connectivity index (χ1) is 15.3. The quantitative estimate of drug-likeness (QED) is 0.367. The highest BCUT2D eigenvalue weighted by molar-refractivity contribution is 5.85. The third-order valence-corrected chi connectivity index (χ3v) is 8.98. The van der Waals surface area contributed by atoms with E-state index in [1.165, 1.54) is 30.2 Å². The summed E-state index contributed by atoms with van der Waals surface area (Å²) in [5, 5.41) is 2.27. The number of hydrogen-bond acceptors (Lipinski definition) is 2. The summed E-state index contributed by atoms with van der Waals surface area (Å²) in [6.07, 6.45) is 11.6. The third kappa shape index (κ3) is 3.43. The number of esters is 1. The van der Waals surface area contributed by atoms with E-state index in [0.717, 1.165) is 24.6 Å². The Kier molecular flexibility index (Phi) is 5.31. The summed E-state index contributed by atoms with van der Waals surface area (Å²) in [5.74, 6) is 2.14. The fraction of sp³-hybridized carbons (Fsp3) is 0.500. The van der Waals surface area contributed by atoms with E-state index in [1.807, 2.05) is 30.3 Å². The summed E-state index contributed by atoms with van der Waals surface area (Å²) in [5.41, 5.74) is 2.84. The smallest absolute Gasteiger partial charge is 0.317 e. The Hall–Kier alpha value is -2.35. The summed E-state index contributed by atoms with van der Waals surface area (Å²) in [6, 6.07) is 14.2. The van der Waals surface area contributed by atoms with Crippen molar-refractivity contribution in [3.8, 4) is 5.75 Å². The van der Waals surface area contributed by atoms with Crippen LogP contribution in [0.2, 0.25) is 0 Å². The van der Waals surface area contributed by atoms with E-state index in [4.69, 9.17) is 4.74 Å². The van der Waals surface area contributed by atoms with Crippen LogP contribution in [-0.4, -0.2) is 5.97 Å². The molecule has 2 aromatic rings. The SMILES string of the molecule is CC(C)C1=CC2=CC[C@@H]3[C@](C)(CCC[C@@]3(C)C(=O)Oc3ccc4ccccc4c3)[C@H]2CC1. The van der Waals surface area contributed by atoms with Crippen molar-refractivity contribution in [2.75, 3.05) is 0 Å². The number of rotatable bonds is 3. The van der Waals surface area contributed by atoms with Gasteiger partial charge in [0.2, 0.25) is 0 Å². The molecule has 2 heteroatoms. The van der Waals surface area contributed by atoms with Crippen LogP contribution in [0.3, 0.4) is 0 Å². The van der Waals surface area contributed by atoms with Gasteiger partial charge in [-0.15, -0.1) is 0 Å². The molecule has 2 nitrogen and oxygen atoms in total. The molecular weight excluding hydrogens is 392 g/mol. The van der Waals surface area contributed by atoms with E-state index >= 15 is 0 Å². The minimum atomic E-state index is -0.442. The molecule has 0 radical (unpaired) electrons. The largest absolute Gasteiger partial charge is 0.426 e. The monoisotopic (exact) mass is 428 g/mol. The second-order valence-corrected chi connectivity index (χ2v) is 11.1. The molecule has 3 aliphatic carbocycles. The lowest BCUT2D eigenvalue weighted by Gasteiger charge is -2.57. The molecular formula is C30H36O2. The van der Waals surface area contributed by atoms with E-state index in [-0.39, 0.29) is 11.4 Å². The first kappa shape index (κ1) is 21.5. The van der Waals surface area contributed by atoms with Crippen molar-refractivity contribution in [3.63, 3.8) is 0 Å². The molecule has 0 aliphatic heterocycles. The highest BCUT2D eigenvalue weighted by Crippen LogP contribution is 2.62. The maximum absolute atomic E-state index is 13.7.